The lowest BCUT2D eigenvalue weighted by Crippen LogP contribution is -2.34. The first-order valence-electron chi connectivity index (χ1n) is 5.70. The molecule has 1 rings (SSSR count). The van der Waals surface area contributed by atoms with Gasteiger partial charge in [0.1, 0.15) is 6.54 Å². The number of methoxy groups -OCH3 is 1. The maximum atomic E-state index is 11.7. The highest BCUT2D eigenvalue weighted by atomic mass is 16.5. The van der Waals surface area contributed by atoms with Crippen LogP contribution < -0.4 is 11.0 Å². The van der Waals surface area contributed by atoms with Crippen molar-refractivity contribution in [2.45, 2.75) is 26.4 Å². The van der Waals surface area contributed by atoms with E-state index >= 15 is 0 Å². The Labute approximate surface area is 100 Å². The summed E-state index contributed by atoms with van der Waals surface area (Å²) < 4.78 is 7.82. The minimum absolute atomic E-state index is 0.0548. The second-order valence-corrected chi connectivity index (χ2v) is 3.74. The third kappa shape index (κ3) is 4.07. The third-order valence-corrected chi connectivity index (χ3v) is 2.32. The van der Waals surface area contributed by atoms with E-state index in [0.717, 1.165) is 6.42 Å². The normalized spacial score (nSPS) is 10.5. The molecule has 1 aromatic rings. The van der Waals surface area contributed by atoms with Crippen molar-refractivity contribution in [3.63, 3.8) is 0 Å². The molecule has 0 aliphatic carbocycles. The predicted octanol–water partition coefficient (Wildman–Crippen LogP) is -0.178. The molecule has 0 unspecified atom stereocenters. The van der Waals surface area contributed by atoms with Crippen molar-refractivity contribution in [1.82, 2.24) is 14.5 Å². The lowest BCUT2D eigenvalue weighted by Gasteiger charge is -2.04. The van der Waals surface area contributed by atoms with Crippen molar-refractivity contribution in [2.75, 3.05) is 20.3 Å². The van der Waals surface area contributed by atoms with Gasteiger partial charge in [0.05, 0.1) is 6.61 Å². The van der Waals surface area contributed by atoms with Crippen LogP contribution in [0.15, 0.2) is 17.2 Å². The van der Waals surface area contributed by atoms with Crippen LogP contribution in [0.25, 0.3) is 0 Å². The van der Waals surface area contributed by atoms with Gasteiger partial charge >= 0.3 is 5.69 Å². The first kappa shape index (κ1) is 13.5. The van der Waals surface area contributed by atoms with Gasteiger partial charge < -0.3 is 10.1 Å². The van der Waals surface area contributed by atoms with Crippen molar-refractivity contribution >= 4 is 5.91 Å². The highest BCUT2D eigenvalue weighted by Crippen LogP contribution is 1.88. The monoisotopic (exact) mass is 241 g/mol. The van der Waals surface area contributed by atoms with E-state index in [0.29, 0.717) is 19.7 Å². The number of carbonyl (C=O) groups excluding carboxylic acids is 1. The standard InChI is InChI=1S/C11H19N3O3/c1-3-5-13-6-7-14(11(13)16)9-10(15)12-4-8-17-2/h6-7H,3-5,8-9H2,1-2H3,(H,12,15). The summed E-state index contributed by atoms with van der Waals surface area (Å²) in [6.45, 7) is 3.66. The Morgan fingerprint density at radius 3 is 2.76 bits per heavy atom. The Morgan fingerprint density at radius 1 is 1.41 bits per heavy atom. The highest BCUT2D eigenvalue weighted by molar-refractivity contribution is 5.75. The van der Waals surface area contributed by atoms with E-state index in [-0.39, 0.29) is 18.1 Å². The molecule has 1 heterocycles. The average molecular weight is 241 g/mol. The van der Waals surface area contributed by atoms with Gasteiger partial charge in [-0.25, -0.2) is 4.79 Å². The van der Waals surface area contributed by atoms with E-state index in [4.69, 9.17) is 4.74 Å². The SMILES string of the molecule is CCCn1ccn(CC(=O)NCCOC)c1=O. The van der Waals surface area contributed by atoms with Crippen LogP contribution in [0.4, 0.5) is 0 Å². The summed E-state index contributed by atoms with van der Waals surface area (Å²) in [5.41, 5.74) is -0.145. The van der Waals surface area contributed by atoms with Gasteiger partial charge in [0, 0.05) is 32.6 Å². The molecular formula is C11H19N3O3. The van der Waals surface area contributed by atoms with E-state index in [1.54, 1.807) is 24.1 Å². The first-order chi connectivity index (χ1) is 8.19. The molecule has 0 saturated carbocycles. The zero-order valence-corrected chi connectivity index (χ0v) is 10.3. The van der Waals surface area contributed by atoms with Crippen LogP contribution in [0.3, 0.4) is 0 Å². The number of hydrogen-bond acceptors (Lipinski definition) is 3. The Kier molecular flexibility index (Phi) is 5.48. The van der Waals surface area contributed by atoms with E-state index in [9.17, 15) is 9.59 Å². The summed E-state index contributed by atoms with van der Waals surface area (Å²) in [4.78, 5) is 23.2. The highest BCUT2D eigenvalue weighted by Gasteiger charge is 2.06. The van der Waals surface area contributed by atoms with Gasteiger partial charge in [-0.15, -0.1) is 0 Å². The number of aromatic nitrogens is 2. The fourth-order valence-electron chi connectivity index (χ4n) is 1.49. The second kappa shape index (κ2) is 6.90. The van der Waals surface area contributed by atoms with Crippen LogP contribution in [0, 0.1) is 0 Å². The van der Waals surface area contributed by atoms with Gasteiger partial charge in [0.15, 0.2) is 0 Å². The topological polar surface area (TPSA) is 65.3 Å². The maximum absolute atomic E-state index is 11.7. The van der Waals surface area contributed by atoms with Crippen LogP contribution in [-0.4, -0.2) is 35.3 Å². The van der Waals surface area contributed by atoms with Gasteiger partial charge in [0.25, 0.3) is 0 Å². The van der Waals surface area contributed by atoms with E-state index in [1.807, 2.05) is 6.92 Å². The molecule has 96 valence electrons. The molecule has 1 amide bonds. The molecule has 0 aliphatic heterocycles. The molecule has 6 nitrogen and oxygen atoms in total. The number of nitrogens with zero attached hydrogens (tertiary/aromatic N) is 2. The Bertz CT molecular complexity index is 408. The zero-order valence-electron chi connectivity index (χ0n) is 10.3. The van der Waals surface area contributed by atoms with Gasteiger partial charge in [0.2, 0.25) is 5.91 Å². The minimum atomic E-state index is -0.182. The fourth-order valence-corrected chi connectivity index (χ4v) is 1.49. The fraction of sp³-hybridized carbons (Fsp3) is 0.636. The molecular weight excluding hydrogens is 222 g/mol. The smallest absolute Gasteiger partial charge is 0.328 e. The molecule has 17 heavy (non-hydrogen) atoms. The largest absolute Gasteiger partial charge is 0.383 e. The van der Waals surface area contributed by atoms with Crippen molar-refractivity contribution in [3.05, 3.63) is 22.9 Å². The van der Waals surface area contributed by atoms with Crippen LogP contribution in [0.2, 0.25) is 0 Å². The van der Waals surface area contributed by atoms with Crippen LogP contribution >= 0.6 is 0 Å². The summed E-state index contributed by atoms with van der Waals surface area (Å²) >= 11 is 0. The maximum Gasteiger partial charge on any atom is 0.328 e. The number of nitrogens with one attached hydrogen (secondary N) is 1. The van der Waals surface area contributed by atoms with E-state index in [1.165, 1.54) is 4.57 Å². The van der Waals surface area contributed by atoms with Gasteiger partial charge in [-0.3, -0.25) is 13.9 Å². The molecule has 0 atom stereocenters. The summed E-state index contributed by atoms with van der Waals surface area (Å²) in [6.07, 6.45) is 4.23. The molecule has 0 aromatic carbocycles. The average Bonchev–Trinajstić information content (AvgIpc) is 2.63. The molecule has 0 radical (unpaired) electrons. The summed E-state index contributed by atoms with van der Waals surface area (Å²) in [7, 11) is 1.57. The van der Waals surface area contributed by atoms with E-state index in [2.05, 4.69) is 5.32 Å². The molecule has 0 aliphatic rings. The van der Waals surface area contributed by atoms with Gasteiger partial charge in [-0.05, 0) is 6.42 Å². The Morgan fingerprint density at radius 2 is 2.12 bits per heavy atom. The van der Waals surface area contributed by atoms with Crippen molar-refractivity contribution in [1.29, 1.82) is 0 Å². The number of hydrogen-bond donors (Lipinski definition) is 1. The third-order valence-electron chi connectivity index (χ3n) is 2.32. The number of carbonyl (C=O) groups is 1. The summed E-state index contributed by atoms with van der Waals surface area (Å²) in [5.74, 6) is -0.182. The molecule has 0 saturated heterocycles. The Hall–Kier alpha value is -1.56. The molecule has 1 aromatic heterocycles. The van der Waals surface area contributed by atoms with Gasteiger partial charge in [-0.2, -0.15) is 0 Å². The molecule has 0 bridgehead atoms. The van der Waals surface area contributed by atoms with Gasteiger partial charge in [-0.1, -0.05) is 6.92 Å². The Balaban J connectivity index is 2.51. The summed E-state index contributed by atoms with van der Waals surface area (Å²) in [6, 6.07) is 0. The number of aryl methyl sites for hydroxylation is 1. The van der Waals surface area contributed by atoms with Crippen molar-refractivity contribution in [3.8, 4) is 0 Å². The number of rotatable bonds is 7. The lowest BCUT2D eigenvalue weighted by molar-refractivity contribution is -0.121. The van der Waals surface area contributed by atoms with Crippen molar-refractivity contribution in [2.24, 2.45) is 0 Å². The summed E-state index contributed by atoms with van der Waals surface area (Å²) in [5, 5.41) is 2.67. The quantitative estimate of drug-likeness (QED) is 0.674. The molecule has 1 N–H and O–H groups in total. The molecule has 0 fully saturated rings. The minimum Gasteiger partial charge on any atom is -0.383 e. The lowest BCUT2D eigenvalue weighted by atomic mass is 10.5. The zero-order chi connectivity index (χ0) is 12.7. The van der Waals surface area contributed by atoms with Crippen LogP contribution in [0.5, 0.6) is 0 Å². The number of imidazole rings is 1. The number of ether oxygens (including phenoxy) is 1. The molecule has 0 spiro atoms. The van der Waals surface area contributed by atoms with Crippen LogP contribution in [-0.2, 0) is 22.6 Å². The predicted molar refractivity (Wildman–Crippen MR) is 63.9 cm³/mol. The first-order valence-corrected chi connectivity index (χ1v) is 5.70. The molecule has 6 heteroatoms. The van der Waals surface area contributed by atoms with Crippen LogP contribution in [0.1, 0.15) is 13.3 Å². The van der Waals surface area contributed by atoms with E-state index < -0.39 is 0 Å². The second-order valence-electron chi connectivity index (χ2n) is 3.74. The van der Waals surface area contributed by atoms with Crippen molar-refractivity contribution < 1.29 is 9.53 Å². The number of amides is 1.